The number of nitrogens with zero attached hydrogens (tertiary/aromatic N) is 1. The third-order valence-corrected chi connectivity index (χ3v) is 3.20. The van der Waals surface area contributed by atoms with Gasteiger partial charge in [0.25, 0.3) is 0 Å². The van der Waals surface area contributed by atoms with Crippen LogP contribution in [0.5, 0.6) is 0 Å². The zero-order valence-electron chi connectivity index (χ0n) is 10.2. The molecule has 0 amide bonds. The van der Waals surface area contributed by atoms with Crippen molar-refractivity contribution in [2.45, 2.75) is 18.9 Å². The average molecular weight is 255 g/mol. The summed E-state index contributed by atoms with van der Waals surface area (Å²) in [4.78, 5) is 12.2. The molecule has 0 radical (unpaired) electrons. The molecule has 1 fully saturated rings. The molecule has 0 aliphatic carbocycles. The summed E-state index contributed by atoms with van der Waals surface area (Å²) in [5, 5.41) is 0. The largest absolute Gasteiger partial charge is 0.380 e. The van der Waals surface area contributed by atoms with E-state index in [-0.39, 0.29) is 17.4 Å². The molecule has 2 rings (SSSR count). The third-order valence-electron chi connectivity index (χ3n) is 3.20. The van der Waals surface area contributed by atoms with Crippen LogP contribution in [-0.2, 0) is 4.74 Å². The van der Waals surface area contributed by atoms with E-state index in [1.54, 1.807) is 12.0 Å². The van der Waals surface area contributed by atoms with Crippen LogP contribution < -0.4 is 4.90 Å². The van der Waals surface area contributed by atoms with Gasteiger partial charge >= 0.3 is 0 Å². The zero-order chi connectivity index (χ0) is 13.1. The summed E-state index contributed by atoms with van der Waals surface area (Å²) in [6.45, 7) is 1.05. The van der Waals surface area contributed by atoms with Gasteiger partial charge in [-0.15, -0.1) is 0 Å². The molecule has 1 aliphatic heterocycles. The van der Waals surface area contributed by atoms with Crippen molar-refractivity contribution in [1.82, 2.24) is 0 Å². The van der Waals surface area contributed by atoms with E-state index in [2.05, 4.69) is 0 Å². The van der Waals surface area contributed by atoms with Crippen LogP contribution in [0, 0.1) is 11.6 Å². The fraction of sp³-hybridized carbons (Fsp3) is 0.462. The molecule has 0 aromatic heterocycles. The highest BCUT2D eigenvalue weighted by molar-refractivity contribution is 5.76. The lowest BCUT2D eigenvalue weighted by Crippen LogP contribution is -2.40. The van der Waals surface area contributed by atoms with Crippen LogP contribution in [0.1, 0.15) is 23.2 Å². The predicted molar refractivity (Wildman–Crippen MR) is 64.0 cm³/mol. The van der Waals surface area contributed by atoms with Crippen molar-refractivity contribution in [2.24, 2.45) is 0 Å². The minimum absolute atomic E-state index is 0.00838. The van der Waals surface area contributed by atoms with Gasteiger partial charge in [0.1, 0.15) is 23.6 Å². The predicted octanol–water partition coefficient (Wildman–Crippen LogP) is 2.39. The number of carbonyl (C=O) groups is 1. The van der Waals surface area contributed by atoms with E-state index >= 15 is 0 Å². The van der Waals surface area contributed by atoms with Crippen molar-refractivity contribution < 1.29 is 18.3 Å². The van der Waals surface area contributed by atoms with E-state index in [1.165, 1.54) is 0 Å². The normalized spacial score (nSPS) is 19.9. The number of ether oxygens (including phenoxy) is 1. The fourth-order valence-electron chi connectivity index (χ4n) is 2.29. The fourth-order valence-corrected chi connectivity index (χ4v) is 2.29. The number of piperidine rings is 1. The molecule has 18 heavy (non-hydrogen) atoms. The number of benzene rings is 1. The number of carbonyl (C=O) groups excluding carboxylic acids is 1. The minimum atomic E-state index is -0.700. The van der Waals surface area contributed by atoms with Crippen LogP contribution in [0.25, 0.3) is 0 Å². The molecule has 0 saturated carbocycles. The Labute approximate surface area is 104 Å². The van der Waals surface area contributed by atoms with E-state index in [0.29, 0.717) is 19.4 Å². The molecular weight excluding hydrogens is 240 g/mol. The molecule has 3 nitrogen and oxygen atoms in total. The summed E-state index contributed by atoms with van der Waals surface area (Å²) in [6, 6.07) is 2.11. The summed E-state index contributed by atoms with van der Waals surface area (Å²) in [6.07, 6.45) is 2.14. The summed E-state index contributed by atoms with van der Waals surface area (Å²) >= 11 is 0. The minimum Gasteiger partial charge on any atom is -0.380 e. The maximum Gasteiger partial charge on any atom is 0.150 e. The van der Waals surface area contributed by atoms with Gasteiger partial charge in [0.2, 0.25) is 0 Å². The Morgan fingerprint density at radius 2 is 2.06 bits per heavy atom. The lowest BCUT2D eigenvalue weighted by atomic mass is 10.1. The summed E-state index contributed by atoms with van der Waals surface area (Å²) in [5.74, 6) is -1.40. The van der Waals surface area contributed by atoms with E-state index in [1.807, 2.05) is 0 Å². The molecule has 5 heteroatoms. The Morgan fingerprint density at radius 3 is 2.61 bits per heavy atom. The first kappa shape index (κ1) is 13.0. The highest BCUT2D eigenvalue weighted by atomic mass is 19.1. The molecule has 0 bridgehead atoms. The van der Waals surface area contributed by atoms with E-state index in [9.17, 15) is 13.6 Å². The van der Waals surface area contributed by atoms with Gasteiger partial charge in [-0.1, -0.05) is 0 Å². The molecule has 1 atom stereocenters. The van der Waals surface area contributed by atoms with Crippen LogP contribution in [-0.4, -0.2) is 32.6 Å². The van der Waals surface area contributed by atoms with Gasteiger partial charge in [0, 0.05) is 25.8 Å². The number of methoxy groups -OCH3 is 1. The van der Waals surface area contributed by atoms with Crippen molar-refractivity contribution in [1.29, 1.82) is 0 Å². The molecule has 98 valence electrons. The van der Waals surface area contributed by atoms with Gasteiger partial charge in [-0.25, -0.2) is 8.78 Å². The molecule has 0 N–H and O–H groups in total. The van der Waals surface area contributed by atoms with Gasteiger partial charge in [-0.3, -0.25) is 4.79 Å². The molecule has 0 spiro atoms. The van der Waals surface area contributed by atoms with E-state index < -0.39 is 11.6 Å². The molecule has 1 aromatic carbocycles. The Kier molecular flexibility index (Phi) is 3.91. The Bertz CT molecular complexity index is 428. The van der Waals surface area contributed by atoms with Gasteiger partial charge < -0.3 is 9.64 Å². The molecule has 1 heterocycles. The smallest absolute Gasteiger partial charge is 0.150 e. The van der Waals surface area contributed by atoms with Crippen LogP contribution in [0.4, 0.5) is 14.5 Å². The van der Waals surface area contributed by atoms with E-state index in [0.717, 1.165) is 25.0 Å². The molecule has 1 aliphatic rings. The van der Waals surface area contributed by atoms with Crippen molar-refractivity contribution in [3.05, 3.63) is 29.3 Å². The van der Waals surface area contributed by atoms with Gasteiger partial charge in [0.05, 0.1) is 6.10 Å². The van der Waals surface area contributed by atoms with Crippen molar-refractivity contribution in [3.63, 3.8) is 0 Å². The van der Waals surface area contributed by atoms with Crippen LogP contribution >= 0.6 is 0 Å². The Balaban J connectivity index is 2.30. The molecule has 1 aromatic rings. The van der Waals surface area contributed by atoms with E-state index in [4.69, 9.17) is 4.74 Å². The van der Waals surface area contributed by atoms with Crippen LogP contribution in [0.3, 0.4) is 0 Å². The second kappa shape index (κ2) is 5.44. The number of halogens is 2. The first-order valence-electron chi connectivity index (χ1n) is 5.87. The standard InChI is InChI=1S/C13H15F2NO2/c1-18-10-3-2-4-16(7-10)13-11(14)5-9(8-17)6-12(13)15/h5-6,8,10H,2-4,7H2,1H3. The maximum atomic E-state index is 13.8. The maximum absolute atomic E-state index is 13.8. The summed E-state index contributed by atoms with van der Waals surface area (Å²) in [5.41, 5.74) is -0.0589. The lowest BCUT2D eigenvalue weighted by molar-refractivity contribution is 0.0889. The Hall–Kier alpha value is -1.49. The highest BCUT2D eigenvalue weighted by Gasteiger charge is 2.24. The highest BCUT2D eigenvalue weighted by Crippen LogP contribution is 2.27. The zero-order valence-corrected chi connectivity index (χ0v) is 10.2. The summed E-state index contributed by atoms with van der Waals surface area (Å²) < 4.78 is 32.9. The molecule has 1 unspecified atom stereocenters. The SMILES string of the molecule is COC1CCCN(c2c(F)cc(C=O)cc2F)C1. The second-order valence-electron chi connectivity index (χ2n) is 4.40. The Morgan fingerprint density at radius 1 is 1.39 bits per heavy atom. The number of hydrogen-bond donors (Lipinski definition) is 0. The second-order valence-corrected chi connectivity index (χ2v) is 4.40. The quantitative estimate of drug-likeness (QED) is 0.777. The third kappa shape index (κ3) is 2.51. The molecular formula is C13H15F2NO2. The van der Waals surface area contributed by atoms with Crippen molar-refractivity contribution in [2.75, 3.05) is 25.1 Å². The van der Waals surface area contributed by atoms with Crippen LogP contribution in [0.15, 0.2) is 12.1 Å². The monoisotopic (exact) mass is 255 g/mol. The average Bonchev–Trinajstić information content (AvgIpc) is 2.38. The molecule has 1 saturated heterocycles. The van der Waals surface area contributed by atoms with Crippen LogP contribution in [0.2, 0.25) is 0 Å². The number of anilines is 1. The van der Waals surface area contributed by atoms with Crippen molar-refractivity contribution in [3.8, 4) is 0 Å². The first-order chi connectivity index (χ1) is 8.65. The van der Waals surface area contributed by atoms with Gasteiger partial charge in [-0.05, 0) is 25.0 Å². The summed E-state index contributed by atoms with van der Waals surface area (Å²) in [7, 11) is 1.59. The number of aldehydes is 1. The topological polar surface area (TPSA) is 29.5 Å². The van der Waals surface area contributed by atoms with Crippen molar-refractivity contribution >= 4 is 12.0 Å². The number of rotatable bonds is 3. The van der Waals surface area contributed by atoms with Gasteiger partial charge in [-0.2, -0.15) is 0 Å². The number of hydrogen-bond acceptors (Lipinski definition) is 3. The van der Waals surface area contributed by atoms with Gasteiger partial charge in [0.15, 0.2) is 0 Å². The lowest BCUT2D eigenvalue weighted by Gasteiger charge is -2.34. The first-order valence-corrected chi connectivity index (χ1v) is 5.87.